The summed E-state index contributed by atoms with van der Waals surface area (Å²) in [5.74, 6) is -0.964. The van der Waals surface area contributed by atoms with E-state index < -0.39 is 30.4 Å². The van der Waals surface area contributed by atoms with E-state index in [9.17, 15) is 31.1 Å². The molecule has 3 rings (SSSR count). The number of hydrogen-bond donors (Lipinski definition) is 2. The summed E-state index contributed by atoms with van der Waals surface area (Å²) in [5.41, 5.74) is -0.528. The van der Waals surface area contributed by atoms with Gasteiger partial charge in [-0.05, 0) is 49.1 Å². The Labute approximate surface area is 204 Å². The Morgan fingerprint density at radius 3 is 2.21 bits per heavy atom. The smallest absolute Gasteiger partial charge is 0.343 e. The first-order valence-corrected chi connectivity index (χ1v) is 11.4. The highest BCUT2D eigenvalue weighted by atomic mass is 35.5. The normalized spacial score (nSPS) is 18.8. The van der Waals surface area contributed by atoms with Gasteiger partial charge in [-0.2, -0.15) is 26.3 Å². The van der Waals surface area contributed by atoms with Crippen molar-refractivity contribution < 1.29 is 36.0 Å². The molecular weight excluding hydrogens is 529 g/mol. The number of halogens is 8. The van der Waals surface area contributed by atoms with Crippen molar-refractivity contribution in [2.75, 3.05) is 12.8 Å². The van der Waals surface area contributed by atoms with Crippen LogP contribution in [0.4, 0.5) is 26.3 Å². The third-order valence-electron chi connectivity index (χ3n) is 4.93. The number of carbonyl (C=O) groups is 1. The molecule has 184 valence electrons. The van der Waals surface area contributed by atoms with Gasteiger partial charge >= 0.3 is 12.4 Å². The number of hydrogen-bond acceptors (Lipinski definition) is 4. The summed E-state index contributed by atoms with van der Waals surface area (Å²) in [5, 5.41) is 1.72. The van der Waals surface area contributed by atoms with E-state index in [4.69, 9.17) is 28.0 Å². The van der Waals surface area contributed by atoms with E-state index in [2.05, 4.69) is 5.48 Å². The van der Waals surface area contributed by atoms with Gasteiger partial charge < -0.3 is 5.32 Å². The highest BCUT2D eigenvalue weighted by Gasteiger charge is 2.64. The molecular formula is C21H16Cl2F6N2O2S. The van der Waals surface area contributed by atoms with Gasteiger partial charge in [0.15, 0.2) is 0 Å². The monoisotopic (exact) mass is 544 g/mol. The lowest BCUT2D eigenvalue weighted by Crippen LogP contribution is -2.44. The van der Waals surface area contributed by atoms with E-state index in [0.29, 0.717) is 0 Å². The van der Waals surface area contributed by atoms with Crippen LogP contribution in [0.15, 0.2) is 41.3 Å². The lowest BCUT2D eigenvalue weighted by Gasteiger charge is -2.32. The molecule has 2 aromatic rings. The number of carbonyl (C=O) groups excluding carboxylic acids is 1. The summed E-state index contributed by atoms with van der Waals surface area (Å²) >= 11 is 12.7. The van der Waals surface area contributed by atoms with Gasteiger partial charge in [0.05, 0.1) is 10.6 Å². The minimum atomic E-state index is -4.93. The number of amides is 1. The summed E-state index contributed by atoms with van der Waals surface area (Å²) in [6, 6.07) is 7.40. The lowest BCUT2D eigenvalue weighted by atomic mass is 9.90. The largest absolute Gasteiger partial charge is 0.429 e. The zero-order valence-electron chi connectivity index (χ0n) is 17.4. The minimum absolute atomic E-state index is 0.0197. The SMILES string of the molecule is CSC1=C(c2ccc(C(=O)NCC(F)(F)F)c(C)c2)NOC1(c1cc(Cl)cc(Cl)c1)C(F)(F)F. The number of nitrogens with one attached hydrogen (secondary N) is 2. The molecule has 0 saturated carbocycles. The van der Waals surface area contributed by atoms with E-state index in [0.717, 1.165) is 23.9 Å². The van der Waals surface area contributed by atoms with Crippen LogP contribution in [0.1, 0.15) is 27.0 Å². The van der Waals surface area contributed by atoms with Gasteiger partial charge in [-0.25, -0.2) is 4.84 Å². The molecule has 1 heterocycles. The molecule has 13 heteroatoms. The fourth-order valence-electron chi connectivity index (χ4n) is 3.48. The molecule has 4 nitrogen and oxygen atoms in total. The van der Waals surface area contributed by atoms with E-state index in [1.54, 1.807) is 5.32 Å². The lowest BCUT2D eigenvalue weighted by molar-refractivity contribution is -0.270. The Morgan fingerprint density at radius 1 is 1.09 bits per heavy atom. The highest BCUT2D eigenvalue weighted by molar-refractivity contribution is 8.02. The Hall–Kier alpha value is -2.08. The average Bonchev–Trinajstić information content (AvgIpc) is 3.11. The number of benzene rings is 2. The van der Waals surface area contributed by atoms with Crippen LogP contribution in [0.5, 0.6) is 0 Å². The van der Waals surface area contributed by atoms with Gasteiger partial charge in [0.1, 0.15) is 6.54 Å². The van der Waals surface area contributed by atoms with Crippen molar-refractivity contribution in [1.82, 2.24) is 10.8 Å². The van der Waals surface area contributed by atoms with Crippen LogP contribution >= 0.6 is 35.0 Å². The second-order valence-electron chi connectivity index (χ2n) is 7.28. The number of rotatable bonds is 5. The molecule has 0 bridgehead atoms. The van der Waals surface area contributed by atoms with Crippen molar-refractivity contribution in [3.63, 3.8) is 0 Å². The molecule has 2 N–H and O–H groups in total. The molecule has 34 heavy (non-hydrogen) atoms. The molecule has 0 fully saturated rings. The minimum Gasteiger partial charge on any atom is -0.343 e. The zero-order chi connectivity index (χ0) is 25.5. The topological polar surface area (TPSA) is 50.4 Å². The van der Waals surface area contributed by atoms with E-state index in [1.165, 1.54) is 37.4 Å². The van der Waals surface area contributed by atoms with Crippen LogP contribution in [0.2, 0.25) is 10.0 Å². The molecule has 0 aromatic heterocycles. The summed E-state index contributed by atoms with van der Waals surface area (Å²) in [4.78, 5) is 17.0. The Morgan fingerprint density at radius 2 is 1.71 bits per heavy atom. The second-order valence-corrected chi connectivity index (χ2v) is 8.97. The first kappa shape index (κ1) is 26.5. The van der Waals surface area contributed by atoms with E-state index in [-0.39, 0.29) is 42.9 Å². The molecule has 0 spiro atoms. The van der Waals surface area contributed by atoms with Gasteiger partial charge in [0.2, 0.25) is 5.60 Å². The van der Waals surface area contributed by atoms with Crippen molar-refractivity contribution in [1.29, 1.82) is 0 Å². The number of aryl methyl sites for hydroxylation is 1. The van der Waals surface area contributed by atoms with Gasteiger partial charge in [-0.15, -0.1) is 11.8 Å². The third-order valence-corrected chi connectivity index (χ3v) is 6.27. The maximum atomic E-state index is 14.5. The van der Waals surface area contributed by atoms with Crippen molar-refractivity contribution in [2.24, 2.45) is 0 Å². The van der Waals surface area contributed by atoms with Crippen LogP contribution < -0.4 is 10.8 Å². The maximum Gasteiger partial charge on any atom is 0.429 e. The molecule has 0 radical (unpaired) electrons. The molecule has 0 aliphatic carbocycles. The number of hydroxylamine groups is 1. The van der Waals surface area contributed by atoms with Crippen molar-refractivity contribution in [3.8, 4) is 0 Å². The zero-order valence-corrected chi connectivity index (χ0v) is 19.7. The van der Waals surface area contributed by atoms with E-state index >= 15 is 0 Å². The highest BCUT2D eigenvalue weighted by Crippen LogP contribution is 2.55. The molecule has 0 saturated heterocycles. The Balaban J connectivity index is 2.09. The predicted octanol–water partition coefficient (Wildman–Crippen LogP) is 6.62. The Kier molecular flexibility index (Phi) is 7.43. The van der Waals surface area contributed by atoms with Crippen LogP contribution in [0, 0.1) is 6.92 Å². The number of alkyl halides is 6. The molecule has 1 atom stereocenters. The average molecular weight is 545 g/mol. The molecule has 1 unspecified atom stereocenters. The van der Waals surface area contributed by atoms with E-state index in [1.807, 2.05) is 0 Å². The summed E-state index contributed by atoms with van der Waals surface area (Å²) in [6.07, 6.45) is -8.08. The quantitative estimate of drug-likeness (QED) is 0.415. The molecule has 2 aromatic carbocycles. The first-order valence-electron chi connectivity index (χ1n) is 9.41. The summed E-state index contributed by atoms with van der Waals surface area (Å²) < 4.78 is 80.6. The van der Waals surface area contributed by atoms with Crippen molar-refractivity contribution >= 4 is 46.6 Å². The van der Waals surface area contributed by atoms with Gasteiger partial charge in [-0.1, -0.05) is 29.3 Å². The third kappa shape index (κ3) is 5.12. The molecule has 1 amide bonds. The summed E-state index contributed by atoms with van der Waals surface area (Å²) in [7, 11) is 0. The maximum absolute atomic E-state index is 14.5. The first-order chi connectivity index (χ1) is 15.7. The van der Waals surface area contributed by atoms with Crippen LogP contribution in [-0.2, 0) is 10.4 Å². The van der Waals surface area contributed by atoms with Crippen molar-refractivity contribution in [2.45, 2.75) is 24.9 Å². The second kappa shape index (κ2) is 9.52. The summed E-state index contributed by atoms with van der Waals surface area (Å²) in [6.45, 7) is -0.0601. The van der Waals surface area contributed by atoms with Crippen molar-refractivity contribution in [3.05, 3.63) is 73.6 Å². The fraction of sp³-hybridized carbons (Fsp3) is 0.286. The standard InChI is InChI=1S/C21H16Cl2F6N2O2S/c1-10-5-11(3-4-15(10)18(32)30-9-19(24,25)26)16-17(34-2)20(33-31-16,21(27,28)29)12-6-13(22)8-14(23)7-12/h3-8,31H,9H2,1-2H3,(H,30,32). The van der Waals surface area contributed by atoms with Gasteiger partial charge in [-0.3, -0.25) is 10.3 Å². The van der Waals surface area contributed by atoms with Gasteiger partial charge in [0, 0.05) is 26.7 Å². The van der Waals surface area contributed by atoms with Crippen LogP contribution in [-0.4, -0.2) is 31.1 Å². The predicted molar refractivity (Wildman–Crippen MR) is 118 cm³/mol. The molecule has 1 aliphatic heterocycles. The van der Waals surface area contributed by atoms with Crippen LogP contribution in [0.25, 0.3) is 5.70 Å². The molecule has 1 aliphatic rings. The Bertz CT molecular complexity index is 1130. The number of thioether (sulfide) groups is 1. The fourth-order valence-corrected chi connectivity index (χ4v) is 4.93. The van der Waals surface area contributed by atoms with Gasteiger partial charge in [0.25, 0.3) is 5.91 Å². The van der Waals surface area contributed by atoms with Crippen LogP contribution in [0.3, 0.4) is 0 Å².